The minimum absolute atomic E-state index is 0.223. The zero-order valence-electron chi connectivity index (χ0n) is 9.61. The predicted octanol–water partition coefficient (Wildman–Crippen LogP) is 2.04. The highest BCUT2D eigenvalue weighted by molar-refractivity contribution is 5.81. The molecule has 1 aromatic carbocycles. The highest BCUT2D eigenvalue weighted by atomic mass is 19.1. The SMILES string of the molecule is O=C(O)C1CNC(c2ccc3cc[nH]c3c2F)C1. The molecule has 2 unspecified atom stereocenters. The second-order valence-corrected chi connectivity index (χ2v) is 4.64. The fourth-order valence-electron chi connectivity index (χ4n) is 2.54. The first-order valence-corrected chi connectivity index (χ1v) is 5.88. The molecular formula is C13H13FN2O2. The van der Waals surface area contributed by atoms with Crippen molar-refractivity contribution in [3.63, 3.8) is 0 Å². The molecule has 1 fully saturated rings. The molecular weight excluding hydrogens is 235 g/mol. The van der Waals surface area contributed by atoms with E-state index >= 15 is 0 Å². The lowest BCUT2D eigenvalue weighted by Gasteiger charge is -2.12. The number of carbonyl (C=O) groups is 1. The maximum atomic E-state index is 14.3. The Balaban J connectivity index is 1.95. The lowest BCUT2D eigenvalue weighted by atomic mass is 9.99. The first-order valence-electron chi connectivity index (χ1n) is 5.88. The van der Waals surface area contributed by atoms with E-state index in [4.69, 9.17) is 5.11 Å². The van der Waals surface area contributed by atoms with Gasteiger partial charge in [0.2, 0.25) is 0 Å². The van der Waals surface area contributed by atoms with Crippen LogP contribution < -0.4 is 5.32 Å². The molecule has 18 heavy (non-hydrogen) atoms. The van der Waals surface area contributed by atoms with Crippen molar-refractivity contribution >= 4 is 16.9 Å². The summed E-state index contributed by atoms with van der Waals surface area (Å²) < 4.78 is 14.3. The Morgan fingerprint density at radius 1 is 1.39 bits per heavy atom. The number of rotatable bonds is 2. The predicted molar refractivity (Wildman–Crippen MR) is 64.7 cm³/mol. The molecule has 0 spiro atoms. The topological polar surface area (TPSA) is 65.1 Å². The molecule has 0 aliphatic carbocycles. The number of hydrogen-bond donors (Lipinski definition) is 3. The minimum atomic E-state index is -0.827. The summed E-state index contributed by atoms with van der Waals surface area (Å²) in [6.45, 7) is 0.391. The summed E-state index contributed by atoms with van der Waals surface area (Å²) in [4.78, 5) is 13.8. The average Bonchev–Trinajstić information content (AvgIpc) is 2.97. The number of carboxylic acids is 1. The van der Waals surface area contributed by atoms with Crippen LogP contribution in [0.5, 0.6) is 0 Å². The monoisotopic (exact) mass is 248 g/mol. The van der Waals surface area contributed by atoms with Gasteiger partial charge in [0.1, 0.15) is 0 Å². The van der Waals surface area contributed by atoms with Gasteiger partial charge in [0.15, 0.2) is 5.82 Å². The summed E-state index contributed by atoms with van der Waals surface area (Å²) in [5.74, 6) is -1.55. The molecule has 0 amide bonds. The van der Waals surface area contributed by atoms with Crippen LogP contribution in [0.15, 0.2) is 24.4 Å². The standard InChI is InChI=1S/C13H13FN2O2/c14-11-9(2-1-7-3-4-15-12(7)11)10-5-8(6-16-10)13(17)18/h1-4,8,10,15-16H,5-6H2,(H,17,18). The molecule has 3 rings (SSSR count). The maximum absolute atomic E-state index is 14.3. The molecule has 2 atom stereocenters. The second-order valence-electron chi connectivity index (χ2n) is 4.64. The summed E-state index contributed by atoms with van der Waals surface area (Å²) in [5, 5.41) is 12.8. The molecule has 0 bridgehead atoms. The van der Waals surface area contributed by atoms with Crippen LogP contribution >= 0.6 is 0 Å². The zero-order chi connectivity index (χ0) is 12.7. The first kappa shape index (κ1) is 11.2. The molecule has 4 nitrogen and oxygen atoms in total. The van der Waals surface area contributed by atoms with Gasteiger partial charge in [-0.25, -0.2) is 4.39 Å². The fraction of sp³-hybridized carbons (Fsp3) is 0.308. The molecule has 0 radical (unpaired) electrons. The molecule has 94 valence electrons. The number of aromatic nitrogens is 1. The van der Waals surface area contributed by atoms with Gasteiger partial charge in [-0.15, -0.1) is 0 Å². The van der Waals surface area contributed by atoms with Gasteiger partial charge in [0, 0.05) is 29.7 Å². The Labute approximate surface area is 103 Å². The quantitative estimate of drug-likeness (QED) is 0.762. The number of nitrogens with one attached hydrogen (secondary N) is 2. The van der Waals surface area contributed by atoms with E-state index in [2.05, 4.69) is 10.3 Å². The molecule has 0 saturated carbocycles. The molecule has 5 heteroatoms. The highest BCUT2D eigenvalue weighted by Crippen LogP contribution is 2.31. The van der Waals surface area contributed by atoms with Gasteiger partial charge in [0.05, 0.1) is 11.4 Å². The van der Waals surface area contributed by atoms with Crippen molar-refractivity contribution in [1.82, 2.24) is 10.3 Å². The Hall–Kier alpha value is -1.88. The molecule has 1 saturated heterocycles. The van der Waals surface area contributed by atoms with Crippen molar-refractivity contribution < 1.29 is 14.3 Å². The Kier molecular flexibility index (Phi) is 2.56. The molecule has 1 aliphatic rings. The highest BCUT2D eigenvalue weighted by Gasteiger charge is 2.31. The van der Waals surface area contributed by atoms with Crippen molar-refractivity contribution in [2.24, 2.45) is 5.92 Å². The maximum Gasteiger partial charge on any atom is 0.307 e. The molecule has 2 aromatic rings. The van der Waals surface area contributed by atoms with E-state index in [0.29, 0.717) is 24.0 Å². The van der Waals surface area contributed by atoms with Crippen LogP contribution in [0.4, 0.5) is 4.39 Å². The van der Waals surface area contributed by atoms with E-state index in [1.165, 1.54) is 0 Å². The van der Waals surface area contributed by atoms with Gasteiger partial charge in [-0.05, 0) is 12.5 Å². The van der Waals surface area contributed by atoms with Crippen LogP contribution in [0.3, 0.4) is 0 Å². The van der Waals surface area contributed by atoms with Crippen molar-refractivity contribution in [3.05, 3.63) is 35.8 Å². The third kappa shape index (κ3) is 1.67. The summed E-state index contributed by atoms with van der Waals surface area (Å²) in [7, 11) is 0. The molecule has 2 heterocycles. The van der Waals surface area contributed by atoms with E-state index in [1.807, 2.05) is 12.1 Å². The Bertz CT molecular complexity index is 608. The van der Waals surface area contributed by atoms with E-state index in [1.54, 1.807) is 12.3 Å². The van der Waals surface area contributed by atoms with E-state index < -0.39 is 11.9 Å². The number of halogens is 1. The van der Waals surface area contributed by atoms with Gasteiger partial charge >= 0.3 is 5.97 Å². The summed E-state index contributed by atoms with van der Waals surface area (Å²) >= 11 is 0. The van der Waals surface area contributed by atoms with Gasteiger partial charge < -0.3 is 15.4 Å². The van der Waals surface area contributed by atoms with Crippen molar-refractivity contribution in [3.8, 4) is 0 Å². The van der Waals surface area contributed by atoms with Crippen LogP contribution in [-0.4, -0.2) is 22.6 Å². The summed E-state index contributed by atoms with van der Waals surface area (Å²) in [6, 6.07) is 5.16. The minimum Gasteiger partial charge on any atom is -0.481 e. The van der Waals surface area contributed by atoms with Crippen molar-refractivity contribution in [2.45, 2.75) is 12.5 Å². The normalized spacial score (nSPS) is 23.6. The van der Waals surface area contributed by atoms with Crippen LogP contribution in [0, 0.1) is 11.7 Å². The van der Waals surface area contributed by atoms with Gasteiger partial charge in [0.25, 0.3) is 0 Å². The lowest BCUT2D eigenvalue weighted by Crippen LogP contribution is -2.17. The Morgan fingerprint density at radius 2 is 2.22 bits per heavy atom. The van der Waals surface area contributed by atoms with Crippen LogP contribution in [0.2, 0.25) is 0 Å². The third-order valence-electron chi connectivity index (χ3n) is 3.55. The molecule has 1 aliphatic heterocycles. The van der Waals surface area contributed by atoms with Gasteiger partial charge in [-0.3, -0.25) is 4.79 Å². The second kappa shape index (κ2) is 4.10. The molecule has 1 aromatic heterocycles. The smallest absolute Gasteiger partial charge is 0.307 e. The number of aliphatic carboxylic acids is 1. The van der Waals surface area contributed by atoms with Crippen molar-refractivity contribution in [1.29, 1.82) is 0 Å². The number of benzene rings is 1. The number of H-pyrrole nitrogens is 1. The first-order chi connectivity index (χ1) is 8.66. The summed E-state index contributed by atoms with van der Waals surface area (Å²) in [6.07, 6.45) is 2.12. The lowest BCUT2D eigenvalue weighted by molar-refractivity contribution is -0.141. The fourth-order valence-corrected chi connectivity index (χ4v) is 2.54. The zero-order valence-corrected chi connectivity index (χ0v) is 9.61. The number of hydrogen-bond acceptors (Lipinski definition) is 2. The number of aromatic amines is 1. The third-order valence-corrected chi connectivity index (χ3v) is 3.55. The van der Waals surface area contributed by atoms with Crippen molar-refractivity contribution in [2.75, 3.05) is 6.54 Å². The number of fused-ring (bicyclic) bond motifs is 1. The van der Waals surface area contributed by atoms with Crippen LogP contribution in [-0.2, 0) is 4.79 Å². The van der Waals surface area contributed by atoms with Crippen LogP contribution in [0.1, 0.15) is 18.0 Å². The Morgan fingerprint density at radius 3 is 2.94 bits per heavy atom. The largest absolute Gasteiger partial charge is 0.481 e. The number of carboxylic acid groups (broad SMARTS) is 1. The van der Waals surface area contributed by atoms with Crippen LogP contribution in [0.25, 0.3) is 10.9 Å². The van der Waals surface area contributed by atoms with E-state index in [9.17, 15) is 9.18 Å². The molecule has 3 N–H and O–H groups in total. The van der Waals surface area contributed by atoms with E-state index in [-0.39, 0.29) is 11.9 Å². The summed E-state index contributed by atoms with van der Waals surface area (Å²) in [5.41, 5.74) is 1.02. The van der Waals surface area contributed by atoms with Gasteiger partial charge in [-0.1, -0.05) is 12.1 Å². The average molecular weight is 248 g/mol. The van der Waals surface area contributed by atoms with E-state index in [0.717, 1.165) is 5.39 Å². The van der Waals surface area contributed by atoms with Gasteiger partial charge in [-0.2, -0.15) is 0 Å².